The van der Waals surface area contributed by atoms with Crippen molar-refractivity contribution in [3.8, 4) is 11.5 Å². The second-order valence-electron chi connectivity index (χ2n) is 6.18. The van der Waals surface area contributed by atoms with Crippen LogP contribution in [0.2, 0.25) is 0 Å². The van der Waals surface area contributed by atoms with Crippen LogP contribution in [0.15, 0.2) is 59.2 Å². The molecule has 1 fully saturated rings. The van der Waals surface area contributed by atoms with Crippen molar-refractivity contribution in [1.82, 2.24) is 15.5 Å². The molecule has 6 heteroatoms. The zero-order valence-corrected chi connectivity index (χ0v) is 13.8. The second-order valence-corrected chi connectivity index (χ2v) is 6.18. The maximum absolute atomic E-state index is 12.4. The van der Waals surface area contributed by atoms with E-state index in [-0.39, 0.29) is 5.91 Å². The summed E-state index contributed by atoms with van der Waals surface area (Å²) in [5, 5.41) is 9.93. The molecule has 1 saturated heterocycles. The lowest BCUT2D eigenvalue weighted by Gasteiger charge is -2.26. The molecular formula is C19H20N4O2. The van der Waals surface area contributed by atoms with Crippen molar-refractivity contribution in [3.63, 3.8) is 0 Å². The highest BCUT2D eigenvalue weighted by Crippen LogP contribution is 2.25. The van der Waals surface area contributed by atoms with Crippen molar-refractivity contribution in [1.29, 1.82) is 0 Å². The smallest absolute Gasteiger partial charge is 0.271 e. The Morgan fingerprint density at radius 2 is 2.16 bits per heavy atom. The molecule has 2 N–H and O–H groups in total. The fourth-order valence-electron chi connectivity index (χ4n) is 3.30. The highest BCUT2D eigenvalue weighted by molar-refractivity contribution is 5.93. The topological polar surface area (TPSA) is 74.2 Å². The molecule has 2 aromatic heterocycles. The number of aromatic amines is 1. The van der Waals surface area contributed by atoms with E-state index in [1.807, 2.05) is 24.3 Å². The van der Waals surface area contributed by atoms with Gasteiger partial charge in [-0.2, -0.15) is 5.10 Å². The van der Waals surface area contributed by atoms with E-state index in [1.165, 1.54) is 5.69 Å². The molecule has 0 aliphatic carbocycles. The third-order valence-corrected chi connectivity index (χ3v) is 4.56. The maximum Gasteiger partial charge on any atom is 0.271 e. The lowest BCUT2D eigenvalue weighted by atomic mass is 10.2. The molecule has 0 spiro atoms. The first-order valence-electron chi connectivity index (χ1n) is 8.50. The van der Waals surface area contributed by atoms with Gasteiger partial charge in [-0.25, -0.2) is 0 Å². The second kappa shape index (κ2) is 6.84. The third-order valence-electron chi connectivity index (χ3n) is 4.56. The van der Waals surface area contributed by atoms with E-state index < -0.39 is 0 Å². The predicted molar refractivity (Wildman–Crippen MR) is 95.4 cm³/mol. The van der Waals surface area contributed by atoms with E-state index in [2.05, 4.69) is 32.5 Å². The van der Waals surface area contributed by atoms with Crippen LogP contribution in [0, 0.1) is 0 Å². The first-order valence-corrected chi connectivity index (χ1v) is 8.50. The van der Waals surface area contributed by atoms with Crippen molar-refractivity contribution < 1.29 is 9.21 Å². The number of para-hydroxylation sites is 1. The molecule has 1 aromatic carbocycles. The highest BCUT2D eigenvalue weighted by atomic mass is 16.3. The molecular weight excluding hydrogens is 316 g/mol. The number of carbonyl (C=O) groups excluding carboxylic acids is 1. The van der Waals surface area contributed by atoms with Crippen molar-refractivity contribution in [2.24, 2.45) is 0 Å². The molecule has 0 saturated carbocycles. The lowest BCUT2D eigenvalue weighted by molar-refractivity contribution is 0.0946. The summed E-state index contributed by atoms with van der Waals surface area (Å²) < 4.78 is 5.31. The molecule has 3 heterocycles. The molecule has 128 valence electrons. The lowest BCUT2D eigenvalue weighted by Crippen LogP contribution is -2.40. The van der Waals surface area contributed by atoms with Gasteiger partial charge in [0.25, 0.3) is 5.91 Å². The fourth-order valence-corrected chi connectivity index (χ4v) is 3.30. The minimum atomic E-state index is -0.172. The molecule has 25 heavy (non-hydrogen) atoms. The van der Waals surface area contributed by atoms with Gasteiger partial charge in [-0.3, -0.25) is 9.89 Å². The molecule has 0 radical (unpaired) electrons. The maximum atomic E-state index is 12.4. The van der Waals surface area contributed by atoms with E-state index in [4.69, 9.17) is 4.42 Å². The molecule has 0 bridgehead atoms. The summed E-state index contributed by atoms with van der Waals surface area (Å²) in [4.78, 5) is 14.7. The van der Waals surface area contributed by atoms with Gasteiger partial charge >= 0.3 is 0 Å². The van der Waals surface area contributed by atoms with Crippen LogP contribution in [-0.2, 0) is 0 Å². The average molecular weight is 336 g/mol. The van der Waals surface area contributed by atoms with Crippen LogP contribution in [0.25, 0.3) is 11.5 Å². The van der Waals surface area contributed by atoms with Crippen LogP contribution < -0.4 is 10.2 Å². The number of nitrogens with one attached hydrogen (secondary N) is 2. The van der Waals surface area contributed by atoms with Crippen molar-refractivity contribution in [2.75, 3.05) is 18.0 Å². The number of furan rings is 1. The first kappa shape index (κ1) is 15.5. The highest BCUT2D eigenvalue weighted by Gasteiger charge is 2.25. The van der Waals surface area contributed by atoms with E-state index in [9.17, 15) is 4.79 Å². The molecule has 4 rings (SSSR count). The summed E-state index contributed by atoms with van der Waals surface area (Å²) in [6.45, 7) is 1.63. The monoisotopic (exact) mass is 336 g/mol. The number of anilines is 1. The minimum Gasteiger partial charge on any atom is -0.463 e. The van der Waals surface area contributed by atoms with Gasteiger partial charge < -0.3 is 14.6 Å². The summed E-state index contributed by atoms with van der Waals surface area (Å²) in [5.41, 5.74) is 2.27. The number of nitrogens with zero attached hydrogens (tertiary/aromatic N) is 2. The number of hydrogen-bond acceptors (Lipinski definition) is 4. The van der Waals surface area contributed by atoms with Crippen LogP contribution in [0.3, 0.4) is 0 Å². The van der Waals surface area contributed by atoms with Crippen LogP contribution in [0.1, 0.15) is 23.3 Å². The Hall–Kier alpha value is -3.02. The molecule has 1 aliphatic rings. The molecule has 3 aromatic rings. The number of H-pyrrole nitrogens is 1. The molecule has 6 nitrogen and oxygen atoms in total. The van der Waals surface area contributed by atoms with Crippen LogP contribution in [-0.4, -0.2) is 35.2 Å². The zero-order valence-electron chi connectivity index (χ0n) is 13.8. The Labute approximate surface area is 145 Å². The van der Waals surface area contributed by atoms with Gasteiger partial charge in [0.05, 0.1) is 6.26 Å². The Morgan fingerprint density at radius 3 is 2.96 bits per heavy atom. The van der Waals surface area contributed by atoms with E-state index in [0.29, 0.717) is 29.7 Å². The Morgan fingerprint density at radius 1 is 1.28 bits per heavy atom. The van der Waals surface area contributed by atoms with Gasteiger partial charge in [0, 0.05) is 30.9 Å². The zero-order chi connectivity index (χ0) is 17.1. The number of aromatic nitrogens is 2. The van der Waals surface area contributed by atoms with E-state index >= 15 is 0 Å². The number of carbonyl (C=O) groups is 1. The quantitative estimate of drug-likeness (QED) is 0.751. The Bertz CT molecular complexity index is 826. The summed E-state index contributed by atoms with van der Waals surface area (Å²) in [6.07, 6.45) is 3.81. The van der Waals surface area contributed by atoms with Gasteiger partial charge in [0.2, 0.25) is 0 Å². The first-order chi connectivity index (χ1) is 12.3. The number of amides is 1. The van der Waals surface area contributed by atoms with Gasteiger partial charge in [0.15, 0.2) is 11.5 Å². The van der Waals surface area contributed by atoms with Gasteiger partial charge in [-0.15, -0.1) is 0 Å². The predicted octanol–water partition coefficient (Wildman–Crippen LogP) is 3.07. The van der Waals surface area contributed by atoms with Gasteiger partial charge in [-0.05, 0) is 37.1 Å². The number of rotatable bonds is 5. The molecule has 1 atom stereocenters. The van der Waals surface area contributed by atoms with Crippen molar-refractivity contribution in [2.45, 2.75) is 18.9 Å². The minimum absolute atomic E-state index is 0.172. The fraction of sp³-hybridized carbons (Fsp3) is 0.263. The Balaban J connectivity index is 1.38. The number of benzene rings is 1. The molecule has 0 unspecified atom stereocenters. The largest absolute Gasteiger partial charge is 0.463 e. The Kier molecular flexibility index (Phi) is 4.24. The average Bonchev–Trinajstić information content (AvgIpc) is 3.41. The standard InChI is InChI=1S/C19H20N4O2/c24-19(17-12-16(21-22-17)18-9-5-11-25-18)20-13-15-8-4-10-23(15)14-6-2-1-3-7-14/h1-3,5-7,9,11-12,15H,4,8,10,13H2,(H,20,24)(H,21,22)/t15-/m1/s1. The van der Waals surface area contributed by atoms with Crippen molar-refractivity contribution in [3.05, 3.63) is 60.5 Å². The summed E-state index contributed by atoms with van der Waals surface area (Å²) in [5.74, 6) is 0.492. The van der Waals surface area contributed by atoms with E-state index in [1.54, 1.807) is 18.4 Å². The number of hydrogen-bond donors (Lipinski definition) is 2. The summed E-state index contributed by atoms with van der Waals surface area (Å²) in [7, 11) is 0. The van der Waals surface area contributed by atoms with Gasteiger partial charge in [0.1, 0.15) is 5.69 Å². The third kappa shape index (κ3) is 3.28. The molecule has 1 aliphatic heterocycles. The van der Waals surface area contributed by atoms with Crippen LogP contribution >= 0.6 is 0 Å². The van der Waals surface area contributed by atoms with Gasteiger partial charge in [-0.1, -0.05) is 18.2 Å². The van der Waals surface area contributed by atoms with Crippen molar-refractivity contribution >= 4 is 11.6 Å². The van der Waals surface area contributed by atoms with E-state index in [0.717, 1.165) is 19.4 Å². The summed E-state index contributed by atoms with van der Waals surface area (Å²) >= 11 is 0. The van der Waals surface area contributed by atoms with Crippen LogP contribution in [0.5, 0.6) is 0 Å². The van der Waals surface area contributed by atoms with Crippen LogP contribution in [0.4, 0.5) is 5.69 Å². The summed E-state index contributed by atoms with van der Waals surface area (Å²) in [6, 6.07) is 16.0. The molecule has 1 amide bonds. The SMILES string of the molecule is O=C(NC[C@H]1CCCN1c1ccccc1)c1cc(-c2ccco2)[nH]n1. The normalized spacial score (nSPS) is 17.0.